The molecule has 0 radical (unpaired) electrons. The van der Waals surface area contributed by atoms with Crippen LogP contribution >= 0.6 is 11.3 Å². The van der Waals surface area contributed by atoms with E-state index in [0.717, 1.165) is 46.2 Å². The molecule has 0 spiro atoms. The van der Waals surface area contributed by atoms with Crippen LogP contribution in [0.25, 0.3) is 21.7 Å². The van der Waals surface area contributed by atoms with Crippen LogP contribution in [0.5, 0.6) is 0 Å². The van der Waals surface area contributed by atoms with Crippen LogP contribution in [0.1, 0.15) is 31.3 Å². The van der Waals surface area contributed by atoms with Crippen LogP contribution in [0, 0.1) is 12.7 Å². The number of aryl methyl sites for hydroxylation is 1. The standard InChI is InChI=1S/C33H29FN6O3S/c1-20-6-4-8-24(34)29(20)37-32(41)28-18-21-12-13-40(27-11-3-2-7-22(27)30(21)44-28)33(42)26-10-5-9-25(36-26)23-19-35-38-31(23)39-14-16-43-17-15-39/h2-11,18-19H,12-17H2,1H3,(H,35,38)(H,37,41). The first kappa shape index (κ1) is 27.9. The SMILES string of the molecule is Cc1cccc(F)c1NC(=O)c1cc2c(s1)-c1ccccc1N(C(=O)c1cccc(-c3cn[nH]c3N3CCOCC3)n1)CC2. The van der Waals surface area contributed by atoms with E-state index in [-0.39, 0.29) is 17.5 Å². The summed E-state index contributed by atoms with van der Waals surface area (Å²) in [4.78, 5) is 37.4. The molecule has 0 saturated carbocycles. The highest BCUT2D eigenvalue weighted by molar-refractivity contribution is 7.17. The second kappa shape index (κ2) is 11.7. The fourth-order valence-corrected chi connectivity index (χ4v) is 6.86. The number of anilines is 3. The highest BCUT2D eigenvalue weighted by Crippen LogP contribution is 2.42. The van der Waals surface area contributed by atoms with Gasteiger partial charge in [-0.3, -0.25) is 14.7 Å². The average molecular weight is 609 g/mol. The number of carbonyl (C=O) groups is 2. The number of hydrogen-bond acceptors (Lipinski definition) is 7. The highest BCUT2D eigenvalue weighted by atomic mass is 32.1. The van der Waals surface area contributed by atoms with E-state index < -0.39 is 5.82 Å². The summed E-state index contributed by atoms with van der Waals surface area (Å²) in [6.07, 6.45) is 2.28. The molecule has 1 saturated heterocycles. The Hall–Kier alpha value is -4.87. The number of rotatable bonds is 5. The minimum Gasteiger partial charge on any atom is -0.378 e. The van der Waals surface area contributed by atoms with Crippen LogP contribution in [-0.2, 0) is 11.2 Å². The average Bonchev–Trinajstić information content (AvgIpc) is 3.69. The molecule has 2 aliphatic rings. The predicted molar refractivity (Wildman–Crippen MR) is 169 cm³/mol. The Morgan fingerprint density at radius 3 is 2.66 bits per heavy atom. The molecule has 44 heavy (non-hydrogen) atoms. The molecular formula is C33H29FN6O3S. The van der Waals surface area contributed by atoms with Gasteiger partial charge in [0.25, 0.3) is 11.8 Å². The van der Waals surface area contributed by atoms with Gasteiger partial charge in [0.2, 0.25) is 0 Å². The Morgan fingerprint density at radius 1 is 1.00 bits per heavy atom. The summed E-state index contributed by atoms with van der Waals surface area (Å²) in [6.45, 7) is 4.93. The van der Waals surface area contributed by atoms with Crippen LogP contribution in [-0.4, -0.2) is 59.8 Å². The van der Waals surface area contributed by atoms with Gasteiger partial charge >= 0.3 is 0 Å². The number of thiophene rings is 1. The molecule has 5 aromatic rings. The van der Waals surface area contributed by atoms with Crippen molar-refractivity contribution in [1.82, 2.24) is 15.2 Å². The number of hydrogen-bond donors (Lipinski definition) is 2. The molecule has 2 N–H and O–H groups in total. The molecular weight excluding hydrogens is 579 g/mol. The number of para-hydroxylation sites is 2. The molecule has 3 aromatic heterocycles. The van der Waals surface area contributed by atoms with Gasteiger partial charge in [0, 0.05) is 30.1 Å². The summed E-state index contributed by atoms with van der Waals surface area (Å²) in [5.74, 6) is -0.184. The summed E-state index contributed by atoms with van der Waals surface area (Å²) < 4.78 is 19.9. The lowest BCUT2D eigenvalue weighted by atomic mass is 10.1. The third-order valence-corrected chi connectivity index (χ3v) is 9.18. The zero-order chi connectivity index (χ0) is 30.2. The van der Waals surface area contributed by atoms with Crippen LogP contribution in [0.15, 0.2) is 72.9 Å². The lowest BCUT2D eigenvalue weighted by molar-refractivity contribution is 0.0981. The maximum Gasteiger partial charge on any atom is 0.276 e. The summed E-state index contributed by atoms with van der Waals surface area (Å²) >= 11 is 1.34. The van der Waals surface area contributed by atoms with Crippen molar-refractivity contribution in [2.75, 3.05) is 48.0 Å². The van der Waals surface area contributed by atoms with E-state index in [0.29, 0.717) is 48.0 Å². The number of H-pyrrole nitrogens is 1. The van der Waals surface area contributed by atoms with Gasteiger partial charge in [0.15, 0.2) is 0 Å². The van der Waals surface area contributed by atoms with Crippen molar-refractivity contribution in [3.05, 3.63) is 100 Å². The number of nitrogens with zero attached hydrogens (tertiary/aromatic N) is 4. The van der Waals surface area contributed by atoms with Crippen molar-refractivity contribution < 1.29 is 18.7 Å². The Kier molecular flexibility index (Phi) is 7.41. The van der Waals surface area contributed by atoms with Gasteiger partial charge in [0.1, 0.15) is 17.3 Å². The van der Waals surface area contributed by atoms with Gasteiger partial charge in [-0.25, -0.2) is 9.37 Å². The van der Waals surface area contributed by atoms with E-state index in [1.54, 1.807) is 36.2 Å². The summed E-state index contributed by atoms with van der Waals surface area (Å²) in [6, 6.07) is 19.7. The van der Waals surface area contributed by atoms with Gasteiger partial charge in [0.05, 0.1) is 46.9 Å². The van der Waals surface area contributed by atoms with Crippen molar-refractivity contribution in [1.29, 1.82) is 0 Å². The van der Waals surface area contributed by atoms with Crippen LogP contribution in [0.4, 0.5) is 21.6 Å². The third-order valence-electron chi connectivity index (χ3n) is 7.97. The predicted octanol–water partition coefficient (Wildman–Crippen LogP) is 5.94. The lowest BCUT2D eigenvalue weighted by Crippen LogP contribution is -2.36. The van der Waals surface area contributed by atoms with Crippen molar-refractivity contribution >= 4 is 40.3 Å². The Balaban J connectivity index is 1.17. The summed E-state index contributed by atoms with van der Waals surface area (Å²) in [5, 5.41) is 10.1. The van der Waals surface area contributed by atoms with Gasteiger partial charge in [-0.05, 0) is 54.8 Å². The minimum atomic E-state index is -0.473. The lowest BCUT2D eigenvalue weighted by Gasteiger charge is -2.28. The first-order chi connectivity index (χ1) is 21.5. The van der Waals surface area contributed by atoms with Crippen LogP contribution in [0.2, 0.25) is 0 Å². The molecule has 2 aromatic carbocycles. The monoisotopic (exact) mass is 608 g/mol. The number of ether oxygens (including phenoxy) is 1. The molecule has 0 aliphatic carbocycles. The zero-order valence-electron chi connectivity index (χ0n) is 24.0. The first-order valence-corrected chi connectivity index (χ1v) is 15.2. The first-order valence-electron chi connectivity index (χ1n) is 14.4. The molecule has 7 rings (SSSR count). The second-order valence-corrected chi connectivity index (χ2v) is 11.8. The van der Waals surface area contributed by atoms with Gasteiger partial charge < -0.3 is 19.9 Å². The van der Waals surface area contributed by atoms with Crippen molar-refractivity contribution in [2.45, 2.75) is 13.3 Å². The van der Waals surface area contributed by atoms with E-state index in [1.165, 1.54) is 17.4 Å². The van der Waals surface area contributed by atoms with Gasteiger partial charge in [-0.2, -0.15) is 5.10 Å². The number of nitrogens with one attached hydrogen (secondary N) is 2. The molecule has 2 amide bonds. The number of amides is 2. The number of aromatic nitrogens is 3. The molecule has 0 bridgehead atoms. The molecule has 9 nitrogen and oxygen atoms in total. The van der Waals surface area contributed by atoms with E-state index in [2.05, 4.69) is 20.4 Å². The quantitative estimate of drug-likeness (QED) is 0.256. The van der Waals surface area contributed by atoms with E-state index >= 15 is 0 Å². The van der Waals surface area contributed by atoms with Crippen molar-refractivity contribution in [3.8, 4) is 21.7 Å². The number of fused-ring (bicyclic) bond motifs is 3. The third kappa shape index (κ3) is 5.14. The number of benzene rings is 2. The van der Waals surface area contributed by atoms with Gasteiger partial charge in [-0.1, -0.05) is 36.4 Å². The number of carbonyl (C=O) groups excluding carboxylic acids is 2. The number of pyridine rings is 1. The normalized spacial score (nSPS) is 14.5. The van der Waals surface area contributed by atoms with Crippen LogP contribution in [0.3, 0.4) is 0 Å². The highest BCUT2D eigenvalue weighted by Gasteiger charge is 2.29. The van der Waals surface area contributed by atoms with E-state index in [4.69, 9.17) is 9.72 Å². The minimum absolute atomic E-state index is 0.181. The molecule has 5 heterocycles. The van der Waals surface area contributed by atoms with Crippen molar-refractivity contribution in [2.24, 2.45) is 0 Å². The zero-order valence-corrected chi connectivity index (χ0v) is 24.8. The van der Waals surface area contributed by atoms with Crippen molar-refractivity contribution in [3.63, 3.8) is 0 Å². The smallest absolute Gasteiger partial charge is 0.276 e. The van der Waals surface area contributed by atoms with E-state index in [1.807, 2.05) is 42.5 Å². The number of aromatic amines is 1. The summed E-state index contributed by atoms with van der Waals surface area (Å²) in [7, 11) is 0. The van der Waals surface area contributed by atoms with E-state index in [9.17, 15) is 14.0 Å². The summed E-state index contributed by atoms with van der Waals surface area (Å²) in [5.41, 5.74) is 5.23. The fourth-order valence-electron chi connectivity index (χ4n) is 5.72. The molecule has 2 aliphatic heterocycles. The molecule has 1 fully saturated rings. The Morgan fingerprint density at radius 2 is 1.82 bits per heavy atom. The molecule has 11 heteroatoms. The maximum atomic E-state index is 14.4. The molecule has 0 unspecified atom stereocenters. The van der Waals surface area contributed by atoms with Gasteiger partial charge in [-0.15, -0.1) is 11.3 Å². The fraction of sp³-hybridized carbons (Fsp3) is 0.212. The Bertz CT molecular complexity index is 1860. The maximum absolute atomic E-state index is 14.4. The second-order valence-electron chi connectivity index (χ2n) is 10.7. The topological polar surface area (TPSA) is 103 Å². The Labute approximate surface area is 257 Å². The molecule has 0 atom stereocenters. The largest absolute Gasteiger partial charge is 0.378 e. The number of morpholine rings is 1. The molecule has 222 valence electrons. The van der Waals surface area contributed by atoms with Crippen LogP contribution < -0.4 is 15.1 Å². The number of halogens is 1.